The number of sulfone groups is 1. The van der Waals surface area contributed by atoms with Gasteiger partial charge < -0.3 is 5.73 Å². The minimum absolute atomic E-state index is 0.161. The van der Waals surface area contributed by atoms with Gasteiger partial charge in [-0.3, -0.25) is 0 Å². The van der Waals surface area contributed by atoms with Crippen molar-refractivity contribution in [2.45, 2.75) is 10.6 Å². The number of nitrogens with zero attached hydrogens (tertiary/aromatic N) is 2. The number of nitrogens with two attached hydrogens (primary N) is 1. The van der Waals surface area contributed by atoms with Crippen LogP contribution in [0.15, 0.2) is 35.2 Å². The summed E-state index contributed by atoms with van der Waals surface area (Å²) < 4.78 is 23.8. The average Bonchev–Trinajstić information content (AvgIpc) is 2.64. The number of hydrogen-bond donors (Lipinski definition) is 1. The summed E-state index contributed by atoms with van der Waals surface area (Å²) in [6, 6.07) is 8.24. The van der Waals surface area contributed by atoms with Crippen molar-refractivity contribution in [3.8, 4) is 0 Å². The van der Waals surface area contributed by atoms with Crippen molar-refractivity contribution >= 4 is 26.3 Å². The maximum absolute atomic E-state index is 11.9. The highest BCUT2D eigenvalue weighted by atomic mass is 32.2. The molecule has 0 amide bonds. The Kier molecular flexibility index (Phi) is 2.88. The molecular weight excluding hydrogens is 246 g/mol. The molecule has 0 saturated heterocycles. The number of aromatic nitrogens is 2. The van der Waals surface area contributed by atoms with Gasteiger partial charge in [-0.25, -0.2) is 8.42 Å². The molecule has 0 spiro atoms. The van der Waals surface area contributed by atoms with E-state index in [2.05, 4.69) is 10.2 Å². The summed E-state index contributed by atoms with van der Waals surface area (Å²) in [5, 5.41) is 7.95. The van der Waals surface area contributed by atoms with Crippen LogP contribution in [-0.4, -0.2) is 18.6 Å². The molecule has 0 saturated carbocycles. The van der Waals surface area contributed by atoms with Crippen molar-refractivity contribution in [2.24, 2.45) is 0 Å². The third kappa shape index (κ3) is 2.37. The van der Waals surface area contributed by atoms with Crippen molar-refractivity contribution in [2.75, 3.05) is 5.73 Å². The second-order valence-corrected chi connectivity index (χ2v) is 6.19. The second-order valence-electron chi connectivity index (χ2n) is 3.11. The molecule has 1 aromatic carbocycles. The van der Waals surface area contributed by atoms with Crippen LogP contribution in [-0.2, 0) is 15.6 Å². The molecule has 2 N–H and O–H groups in total. The average molecular weight is 255 g/mol. The van der Waals surface area contributed by atoms with Crippen LogP contribution in [0.4, 0.5) is 5.13 Å². The van der Waals surface area contributed by atoms with Gasteiger partial charge in [-0.2, -0.15) is 0 Å². The highest BCUT2D eigenvalue weighted by Crippen LogP contribution is 2.19. The monoisotopic (exact) mass is 255 g/mol. The van der Waals surface area contributed by atoms with Gasteiger partial charge in [0.15, 0.2) is 9.84 Å². The summed E-state index contributed by atoms with van der Waals surface area (Å²) in [4.78, 5) is 0.281. The lowest BCUT2D eigenvalue weighted by atomic mass is 10.4. The van der Waals surface area contributed by atoms with E-state index in [4.69, 9.17) is 5.73 Å². The van der Waals surface area contributed by atoms with Crippen LogP contribution in [0.3, 0.4) is 0 Å². The molecule has 16 heavy (non-hydrogen) atoms. The Labute approximate surface area is 96.9 Å². The lowest BCUT2D eigenvalue weighted by molar-refractivity contribution is 0.595. The zero-order valence-corrected chi connectivity index (χ0v) is 9.83. The molecule has 0 unspecified atom stereocenters. The summed E-state index contributed by atoms with van der Waals surface area (Å²) in [7, 11) is -3.35. The largest absolute Gasteiger partial charge is 0.374 e. The molecule has 0 radical (unpaired) electrons. The van der Waals surface area contributed by atoms with E-state index in [9.17, 15) is 8.42 Å². The summed E-state index contributed by atoms with van der Waals surface area (Å²) in [6.07, 6.45) is 0. The van der Waals surface area contributed by atoms with Crippen LogP contribution >= 0.6 is 11.3 Å². The van der Waals surface area contributed by atoms with Gasteiger partial charge in [-0.1, -0.05) is 29.5 Å². The van der Waals surface area contributed by atoms with Gasteiger partial charge in [-0.15, -0.1) is 10.2 Å². The molecule has 0 aliphatic heterocycles. The van der Waals surface area contributed by atoms with Gasteiger partial charge >= 0.3 is 0 Å². The zero-order valence-electron chi connectivity index (χ0n) is 8.20. The Morgan fingerprint density at radius 2 is 1.88 bits per heavy atom. The van der Waals surface area contributed by atoms with Gasteiger partial charge in [0.1, 0.15) is 10.8 Å². The lowest BCUT2D eigenvalue weighted by Crippen LogP contribution is -2.04. The Morgan fingerprint density at radius 3 is 2.44 bits per heavy atom. The Bertz CT molecular complexity index is 578. The van der Waals surface area contributed by atoms with Crippen LogP contribution in [0.25, 0.3) is 0 Å². The smallest absolute Gasteiger partial charge is 0.203 e. The third-order valence-corrected chi connectivity index (χ3v) is 4.48. The van der Waals surface area contributed by atoms with E-state index in [1.54, 1.807) is 30.3 Å². The van der Waals surface area contributed by atoms with Crippen molar-refractivity contribution in [3.05, 3.63) is 35.3 Å². The fourth-order valence-corrected chi connectivity index (χ4v) is 3.43. The first kappa shape index (κ1) is 11.0. The van der Waals surface area contributed by atoms with Crippen molar-refractivity contribution in [1.82, 2.24) is 10.2 Å². The SMILES string of the molecule is Nc1nnc(CS(=O)(=O)c2ccccc2)s1. The predicted octanol–water partition coefficient (Wildman–Crippen LogP) is 1.09. The molecule has 5 nitrogen and oxygen atoms in total. The molecular formula is C9H9N3O2S2. The molecule has 1 heterocycles. The Morgan fingerprint density at radius 1 is 1.19 bits per heavy atom. The van der Waals surface area contributed by atoms with E-state index in [1.807, 2.05) is 0 Å². The number of nitrogen functional groups attached to an aromatic ring is 1. The molecule has 2 aromatic rings. The quantitative estimate of drug-likeness (QED) is 0.887. The summed E-state index contributed by atoms with van der Waals surface area (Å²) in [5.41, 5.74) is 5.39. The van der Waals surface area contributed by atoms with E-state index >= 15 is 0 Å². The first-order valence-electron chi connectivity index (χ1n) is 4.43. The Hall–Kier alpha value is -1.47. The Balaban J connectivity index is 2.28. The van der Waals surface area contributed by atoms with Crippen LogP contribution in [0.5, 0.6) is 0 Å². The normalized spacial score (nSPS) is 11.5. The fourth-order valence-electron chi connectivity index (χ4n) is 1.20. The fraction of sp³-hybridized carbons (Fsp3) is 0.111. The summed E-state index contributed by atoms with van der Waals surface area (Å²) in [6.45, 7) is 0. The van der Waals surface area contributed by atoms with Crippen molar-refractivity contribution in [1.29, 1.82) is 0 Å². The van der Waals surface area contributed by atoms with Crippen molar-refractivity contribution < 1.29 is 8.42 Å². The van der Waals surface area contributed by atoms with Gasteiger partial charge in [-0.05, 0) is 12.1 Å². The van der Waals surface area contributed by atoms with E-state index < -0.39 is 9.84 Å². The number of benzene rings is 1. The molecule has 0 aliphatic rings. The summed E-state index contributed by atoms with van der Waals surface area (Å²) >= 11 is 1.09. The van der Waals surface area contributed by atoms with E-state index in [-0.39, 0.29) is 15.8 Å². The van der Waals surface area contributed by atoms with E-state index in [0.717, 1.165) is 11.3 Å². The van der Waals surface area contributed by atoms with Crippen LogP contribution in [0.1, 0.15) is 5.01 Å². The molecule has 0 fully saturated rings. The van der Waals surface area contributed by atoms with Gasteiger partial charge in [0.25, 0.3) is 0 Å². The second kappa shape index (κ2) is 4.18. The first-order chi connectivity index (χ1) is 7.58. The third-order valence-electron chi connectivity index (χ3n) is 1.90. The van der Waals surface area contributed by atoms with Crippen LogP contribution < -0.4 is 5.73 Å². The first-order valence-corrected chi connectivity index (χ1v) is 6.90. The number of rotatable bonds is 3. The highest BCUT2D eigenvalue weighted by Gasteiger charge is 2.17. The maximum Gasteiger partial charge on any atom is 0.203 e. The predicted molar refractivity (Wildman–Crippen MR) is 61.7 cm³/mol. The standard InChI is InChI=1S/C9H9N3O2S2/c10-9-12-11-8(15-9)6-16(13,14)7-4-2-1-3-5-7/h1-5H,6H2,(H2,10,12). The molecule has 84 valence electrons. The molecule has 0 bridgehead atoms. The van der Waals surface area contributed by atoms with Crippen LogP contribution in [0, 0.1) is 0 Å². The molecule has 0 atom stereocenters. The molecule has 0 aliphatic carbocycles. The van der Waals surface area contributed by atoms with Gasteiger partial charge in [0.2, 0.25) is 5.13 Å². The maximum atomic E-state index is 11.9. The number of anilines is 1. The molecule has 2 rings (SSSR count). The van der Waals surface area contributed by atoms with E-state index in [0.29, 0.717) is 5.01 Å². The summed E-state index contributed by atoms with van der Waals surface area (Å²) in [5.74, 6) is -0.161. The van der Waals surface area contributed by atoms with Gasteiger partial charge in [0, 0.05) is 0 Å². The highest BCUT2D eigenvalue weighted by molar-refractivity contribution is 7.90. The van der Waals surface area contributed by atoms with E-state index in [1.165, 1.54) is 0 Å². The van der Waals surface area contributed by atoms with Crippen molar-refractivity contribution in [3.63, 3.8) is 0 Å². The minimum atomic E-state index is -3.35. The lowest BCUT2D eigenvalue weighted by Gasteiger charge is -2.00. The van der Waals surface area contributed by atoms with Gasteiger partial charge in [0.05, 0.1) is 4.90 Å². The zero-order chi connectivity index (χ0) is 11.6. The molecule has 7 heteroatoms. The topological polar surface area (TPSA) is 85.9 Å². The molecule has 1 aromatic heterocycles. The minimum Gasteiger partial charge on any atom is -0.374 e. The van der Waals surface area contributed by atoms with Crippen LogP contribution in [0.2, 0.25) is 0 Å². The number of hydrogen-bond acceptors (Lipinski definition) is 6.